The summed E-state index contributed by atoms with van der Waals surface area (Å²) in [5.74, 6) is 0. The van der Waals surface area contributed by atoms with Crippen LogP contribution in [-0.4, -0.2) is 17.2 Å². The molecule has 0 aliphatic heterocycles. The van der Waals surface area contributed by atoms with Crippen LogP contribution in [0.2, 0.25) is 0 Å². The van der Waals surface area contributed by atoms with Crippen LogP contribution in [0.1, 0.15) is 65.2 Å². The van der Waals surface area contributed by atoms with Gasteiger partial charge in [0.05, 0.1) is 0 Å². The molecular weight excluding hydrogens is 259 g/mol. The van der Waals surface area contributed by atoms with Crippen molar-refractivity contribution in [2.45, 2.75) is 65.2 Å². The molecule has 0 bridgehead atoms. The van der Waals surface area contributed by atoms with Gasteiger partial charge in [0, 0.05) is 0 Å². The molecule has 0 saturated heterocycles. The Labute approximate surface area is 109 Å². The zero-order valence-electron chi connectivity index (χ0n) is 11.2. The molecule has 0 radical (unpaired) electrons. The maximum absolute atomic E-state index is 11.5. The number of rotatable bonds is 12. The van der Waals surface area contributed by atoms with Crippen LogP contribution in [0, 0.1) is 0 Å². The molecule has 0 aromatic heterocycles. The summed E-state index contributed by atoms with van der Waals surface area (Å²) < 4.78 is 30.7. The molecule has 0 aliphatic rings. The van der Waals surface area contributed by atoms with Crippen LogP contribution in [0.15, 0.2) is 0 Å². The van der Waals surface area contributed by atoms with Crippen molar-refractivity contribution < 1.29 is 30.1 Å². The zero-order chi connectivity index (χ0) is 13.0. The van der Waals surface area contributed by atoms with Gasteiger partial charge in [0.2, 0.25) is 0 Å². The Balaban J connectivity index is 3.42. The standard InChI is InChI=1S/2C6H13O.H2O.O.V/c2*1-2-3-4-5-6-7;;;/h2*2-6H2,1H3;1H2;;/q2*-1;;;+3/p-1. The van der Waals surface area contributed by atoms with E-state index in [1.807, 2.05) is 0 Å². The Morgan fingerprint density at radius 3 is 1.59 bits per heavy atom. The first-order chi connectivity index (χ1) is 8.12. The summed E-state index contributed by atoms with van der Waals surface area (Å²) in [6.07, 6.45) is 8.34. The van der Waals surface area contributed by atoms with Crippen molar-refractivity contribution in [3.05, 3.63) is 0 Å². The summed E-state index contributed by atoms with van der Waals surface area (Å²) in [7, 11) is 0. The Morgan fingerprint density at radius 1 is 0.824 bits per heavy atom. The predicted octanol–water partition coefficient (Wildman–Crippen LogP) is 3.42. The van der Waals surface area contributed by atoms with Gasteiger partial charge < -0.3 is 0 Å². The van der Waals surface area contributed by atoms with Crippen LogP contribution < -0.4 is 0 Å². The fourth-order valence-corrected chi connectivity index (χ4v) is 2.69. The van der Waals surface area contributed by atoms with E-state index in [9.17, 15) is 7.71 Å². The summed E-state index contributed by atoms with van der Waals surface area (Å²) in [6, 6.07) is 0. The van der Waals surface area contributed by atoms with Crippen molar-refractivity contribution in [3.63, 3.8) is 0 Å². The minimum atomic E-state index is -4.41. The van der Waals surface area contributed by atoms with Gasteiger partial charge in [-0.25, -0.2) is 0 Å². The second-order valence-corrected chi connectivity index (χ2v) is 6.53. The topological polar surface area (TPSA) is 55.8 Å². The first-order valence-corrected chi connectivity index (χ1v) is 9.07. The first-order valence-electron chi connectivity index (χ1n) is 6.74. The van der Waals surface area contributed by atoms with Crippen LogP contribution in [0.25, 0.3) is 0 Å². The molecule has 0 fully saturated rings. The summed E-state index contributed by atoms with van der Waals surface area (Å²) in [6.45, 7) is 4.92. The van der Waals surface area contributed by atoms with Crippen LogP contribution >= 0.6 is 0 Å². The molecule has 0 unspecified atom stereocenters. The van der Waals surface area contributed by atoms with Gasteiger partial charge in [0.25, 0.3) is 0 Å². The molecule has 0 aromatic carbocycles. The SMILES string of the molecule is CCCCCC[O][V](=[O])([OH])[O]CCCCCC. The third-order valence-corrected chi connectivity index (χ3v) is 4.09. The van der Waals surface area contributed by atoms with Crippen molar-refractivity contribution in [3.8, 4) is 0 Å². The first kappa shape index (κ1) is 17.3. The Bertz CT molecular complexity index is 191. The Kier molecular flexibility index (Phi) is 11.5. The van der Waals surface area contributed by atoms with Crippen molar-refractivity contribution >= 4 is 0 Å². The fraction of sp³-hybridized carbons (Fsp3) is 1.00. The average Bonchev–Trinajstić information content (AvgIpc) is 2.28. The minimum absolute atomic E-state index is 0.335. The third kappa shape index (κ3) is 12.5. The molecule has 0 saturated carbocycles. The molecule has 4 nitrogen and oxygen atoms in total. The molecule has 0 spiro atoms. The van der Waals surface area contributed by atoms with Crippen LogP contribution in [0.3, 0.4) is 0 Å². The molecule has 0 aliphatic carbocycles. The van der Waals surface area contributed by atoms with Gasteiger partial charge in [-0.15, -0.1) is 0 Å². The van der Waals surface area contributed by atoms with Gasteiger partial charge in [-0.1, -0.05) is 0 Å². The average molecular weight is 286 g/mol. The van der Waals surface area contributed by atoms with Crippen molar-refractivity contribution in [2.24, 2.45) is 0 Å². The summed E-state index contributed by atoms with van der Waals surface area (Å²) >= 11 is -4.41. The second kappa shape index (κ2) is 11.4. The normalized spacial score (nSPS) is 11.9. The second-order valence-electron chi connectivity index (χ2n) is 4.26. The molecule has 0 amide bonds. The van der Waals surface area contributed by atoms with Gasteiger partial charge >= 0.3 is 108 Å². The molecule has 0 aromatic rings. The molecule has 104 valence electrons. The summed E-state index contributed by atoms with van der Waals surface area (Å²) in [5.41, 5.74) is 0. The number of unbranched alkanes of at least 4 members (excludes halogenated alkanes) is 6. The fourth-order valence-electron chi connectivity index (χ4n) is 1.45. The summed E-state index contributed by atoms with van der Waals surface area (Å²) in [5, 5.41) is 0. The van der Waals surface area contributed by atoms with Crippen molar-refractivity contribution in [1.82, 2.24) is 0 Å². The quantitative estimate of drug-likeness (QED) is 0.558. The van der Waals surface area contributed by atoms with E-state index in [-0.39, 0.29) is 0 Å². The van der Waals surface area contributed by atoms with Gasteiger partial charge in [-0.3, -0.25) is 0 Å². The molecule has 0 rings (SSSR count). The van der Waals surface area contributed by atoms with Gasteiger partial charge in [-0.05, 0) is 0 Å². The van der Waals surface area contributed by atoms with E-state index in [0.717, 1.165) is 51.4 Å². The monoisotopic (exact) mass is 286 g/mol. The van der Waals surface area contributed by atoms with E-state index in [4.69, 9.17) is 7.32 Å². The van der Waals surface area contributed by atoms with Gasteiger partial charge in [-0.2, -0.15) is 0 Å². The molecular formula is C12H27O4V. The van der Waals surface area contributed by atoms with E-state index >= 15 is 0 Å². The Morgan fingerprint density at radius 2 is 1.24 bits per heavy atom. The van der Waals surface area contributed by atoms with E-state index in [1.165, 1.54) is 0 Å². The third-order valence-electron chi connectivity index (χ3n) is 2.50. The Hall–Kier alpha value is 0.264. The summed E-state index contributed by atoms with van der Waals surface area (Å²) in [4.78, 5) is 0. The van der Waals surface area contributed by atoms with Crippen molar-refractivity contribution in [1.29, 1.82) is 0 Å². The van der Waals surface area contributed by atoms with E-state index < -0.39 is 15.0 Å². The number of hydrogen-bond acceptors (Lipinski definition) is 3. The molecule has 17 heavy (non-hydrogen) atoms. The molecule has 5 heteroatoms. The van der Waals surface area contributed by atoms with Crippen LogP contribution in [-0.2, 0) is 26.0 Å². The van der Waals surface area contributed by atoms with Crippen molar-refractivity contribution in [2.75, 3.05) is 13.2 Å². The van der Waals surface area contributed by atoms with Gasteiger partial charge in [0.1, 0.15) is 0 Å². The van der Waals surface area contributed by atoms with E-state index in [1.54, 1.807) is 0 Å². The maximum atomic E-state index is 11.5. The predicted molar refractivity (Wildman–Crippen MR) is 63.1 cm³/mol. The van der Waals surface area contributed by atoms with Gasteiger partial charge in [0.15, 0.2) is 0 Å². The molecule has 0 heterocycles. The van der Waals surface area contributed by atoms with E-state index in [2.05, 4.69) is 13.8 Å². The zero-order valence-corrected chi connectivity index (χ0v) is 12.6. The van der Waals surface area contributed by atoms with E-state index in [0.29, 0.717) is 13.2 Å². The molecule has 1 N–H and O–H groups in total. The van der Waals surface area contributed by atoms with Crippen LogP contribution in [0.4, 0.5) is 0 Å². The molecule has 0 atom stereocenters. The number of hydrogen-bond donors (Lipinski definition) is 1. The van der Waals surface area contributed by atoms with Crippen LogP contribution in [0.5, 0.6) is 0 Å².